The van der Waals surface area contributed by atoms with Gasteiger partial charge in [0.2, 0.25) is 0 Å². The number of rotatable bonds is 7. The maximum absolute atomic E-state index is 14.1. The fourth-order valence-corrected chi connectivity index (χ4v) is 3.23. The predicted molar refractivity (Wildman–Crippen MR) is 100 cm³/mol. The normalized spacial score (nSPS) is 11.2. The topological polar surface area (TPSA) is 64.4 Å². The zero-order valence-electron chi connectivity index (χ0n) is 14.2. The molecule has 0 amide bonds. The summed E-state index contributed by atoms with van der Waals surface area (Å²) in [4.78, 5) is 15.9. The zero-order valence-corrected chi connectivity index (χ0v) is 15.8. The number of fused-ring (bicyclic) bond motifs is 1. The number of benzene rings is 2. The Morgan fingerprint density at radius 3 is 2.77 bits per heavy atom. The molecular formula is C19H18BrFN2O3. The second-order valence-electron chi connectivity index (χ2n) is 5.92. The van der Waals surface area contributed by atoms with Crippen LogP contribution in [0.5, 0.6) is 0 Å². The standard InChI is InChI=1S/C19H18BrFN2O3/c1-26-9-8-23-17-10-13(19(24)25)3-6-16(17)22-18(23)7-4-12-2-5-14(20)11-15(12)21/h2-3,5-6,10-11H,4,7-9H2,1H3,(H,24,25). The van der Waals surface area contributed by atoms with Crippen molar-refractivity contribution in [3.8, 4) is 0 Å². The van der Waals surface area contributed by atoms with Gasteiger partial charge in [0.15, 0.2) is 0 Å². The number of aromatic nitrogens is 2. The highest BCUT2D eigenvalue weighted by atomic mass is 79.9. The molecule has 0 bridgehead atoms. The SMILES string of the molecule is COCCn1c(CCc2ccc(Br)cc2F)nc2ccc(C(=O)O)cc21. The van der Waals surface area contributed by atoms with Gasteiger partial charge in [-0.05, 0) is 42.3 Å². The summed E-state index contributed by atoms with van der Waals surface area (Å²) in [5.41, 5.74) is 2.29. The number of hydrogen-bond acceptors (Lipinski definition) is 3. The van der Waals surface area contributed by atoms with Gasteiger partial charge in [-0.2, -0.15) is 0 Å². The first kappa shape index (κ1) is 18.5. The number of hydrogen-bond donors (Lipinski definition) is 1. The van der Waals surface area contributed by atoms with Crippen LogP contribution in [0.25, 0.3) is 11.0 Å². The molecule has 26 heavy (non-hydrogen) atoms. The number of carboxylic acid groups (broad SMARTS) is 1. The van der Waals surface area contributed by atoms with Gasteiger partial charge >= 0.3 is 5.97 Å². The lowest BCUT2D eigenvalue weighted by Crippen LogP contribution is -2.10. The van der Waals surface area contributed by atoms with E-state index in [2.05, 4.69) is 20.9 Å². The third-order valence-corrected chi connectivity index (χ3v) is 4.72. The molecule has 1 aromatic heterocycles. The number of carbonyl (C=O) groups is 1. The molecule has 0 saturated heterocycles. The molecule has 0 saturated carbocycles. The van der Waals surface area contributed by atoms with E-state index < -0.39 is 5.97 Å². The van der Waals surface area contributed by atoms with Crippen molar-refractivity contribution in [3.05, 3.63) is 63.6 Å². The van der Waals surface area contributed by atoms with E-state index in [9.17, 15) is 14.3 Å². The number of aromatic carboxylic acids is 1. The highest BCUT2D eigenvalue weighted by molar-refractivity contribution is 9.10. The summed E-state index contributed by atoms with van der Waals surface area (Å²) >= 11 is 3.26. The van der Waals surface area contributed by atoms with E-state index in [0.29, 0.717) is 36.0 Å². The molecule has 1 heterocycles. The van der Waals surface area contributed by atoms with E-state index in [0.717, 1.165) is 16.9 Å². The fourth-order valence-electron chi connectivity index (χ4n) is 2.90. The van der Waals surface area contributed by atoms with Gasteiger partial charge in [-0.3, -0.25) is 0 Å². The Kier molecular flexibility index (Phi) is 5.68. The maximum atomic E-state index is 14.1. The van der Waals surface area contributed by atoms with Crippen molar-refractivity contribution in [3.63, 3.8) is 0 Å². The van der Waals surface area contributed by atoms with Crippen LogP contribution >= 0.6 is 15.9 Å². The Hall–Kier alpha value is -2.25. The van der Waals surface area contributed by atoms with Crippen molar-refractivity contribution in [1.29, 1.82) is 0 Å². The number of methoxy groups -OCH3 is 1. The Balaban J connectivity index is 1.94. The number of ether oxygens (including phenoxy) is 1. The van der Waals surface area contributed by atoms with Crippen LogP contribution in [0, 0.1) is 5.82 Å². The summed E-state index contributed by atoms with van der Waals surface area (Å²) in [6.07, 6.45) is 1.04. The summed E-state index contributed by atoms with van der Waals surface area (Å²) in [6, 6.07) is 9.87. The Labute approximate surface area is 158 Å². The first-order chi connectivity index (χ1) is 12.5. The largest absolute Gasteiger partial charge is 0.478 e. The van der Waals surface area contributed by atoms with Crippen LogP contribution in [0.3, 0.4) is 0 Å². The summed E-state index contributed by atoms with van der Waals surface area (Å²) in [5.74, 6) is -0.459. The highest BCUT2D eigenvalue weighted by Gasteiger charge is 2.14. The Morgan fingerprint density at radius 2 is 2.08 bits per heavy atom. The summed E-state index contributed by atoms with van der Waals surface area (Å²) in [7, 11) is 1.61. The number of imidazole rings is 1. The van der Waals surface area contributed by atoms with Gasteiger partial charge in [0.1, 0.15) is 11.6 Å². The molecule has 3 aromatic rings. The van der Waals surface area contributed by atoms with E-state index >= 15 is 0 Å². The molecule has 0 atom stereocenters. The van der Waals surface area contributed by atoms with Crippen molar-refractivity contribution in [2.45, 2.75) is 19.4 Å². The molecule has 0 spiro atoms. The molecule has 0 aliphatic heterocycles. The lowest BCUT2D eigenvalue weighted by molar-refractivity contribution is 0.0697. The Morgan fingerprint density at radius 1 is 1.27 bits per heavy atom. The molecule has 2 aromatic carbocycles. The monoisotopic (exact) mass is 420 g/mol. The van der Waals surface area contributed by atoms with Crippen LogP contribution in [0.15, 0.2) is 40.9 Å². The third kappa shape index (κ3) is 3.94. The average molecular weight is 421 g/mol. The quantitative estimate of drug-likeness (QED) is 0.625. The molecule has 136 valence electrons. The molecule has 1 N–H and O–H groups in total. The molecule has 0 aliphatic rings. The van der Waals surface area contributed by atoms with Gasteiger partial charge in [-0.1, -0.05) is 22.0 Å². The zero-order chi connectivity index (χ0) is 18.7. The summed E-state index contributed by atoms with van der Waals surface area (Å²) in [5, 5.41) is 9.22. The molecule has 5 nitrogen and oxygen atoms in total. The van der Waals surface area contributed by atoms with Gasteiger partial charge in [0.25, 0.3) is 0 Å². The summed E-state index contributed by atoms with van der Waals surface area (Å²) in [6.45, 7) is 1.02. The average Bonchev–Trinajstić information content (AvgIpc) is 2.95. The third-order valence-electron chi connectivity index (χ3n) is 4.23. The molecule has 0 fully saturated rings. The van der Waals surface area contributed by atoms with Gasteiger partial charge in [-0.15, -0.1) is 0 Å². The van der Waals surface area contributed by atoms with Gasteiger partial charge in [0, 0.05) is 24.5 Å². The lowest BCUT2D eigenvalue weighted by atomic mass is 10.1. The minimum atomic E-state index is -0.982. The summed E-state index contributed by atoms with van der Waals surface area (Å²) < 4.78 is 21.9. The van der Waals surface area contributed by atoms with Crippen LogP contribution in [0.4, 0.5) is 4.39 Å². The Bertz CT molecular complexity index is 955. The minimum absolute atomic E-state index is 0.210. The van der Waals surface area contributed by atoms with E-state index in [4.69, 9.17) is 4.74 Å². The number of aryl methyl sites for hydroxylation is 2. The maximum Gasteiger partial charge on any atom is 0.335 e. The van der Waals surface area contributed by atoms with Gasteiger partial charge in [0.05, 0.1) is 23.2 Å². The highest BCUT2D eigenvalue weighted by Crippen LogP contribution is 2.21. The predicted octanol–water partition coefficient (Wildman–Crippen LogP) is 4.07. The molecule has 0 unspecified atom stereocenters. The molecule has 0 radical (unpaired) electrons. The van der Waals surface area contributed by atoms with Gasteiger partial charge < -0.3 is 14.4 Å². The first-order valence-corrected chi connectivity index (χ1v) is 8.94. The van der Waals surface area contributed by atoms with Crippen molar-refractivity contribution in [2.24, 2.45) is 0 Å². The number of nitrogens with zero attached hydrogens (tertiary/aromatic N) is 2. The molecule has 0 aliphatic carbocycles. The first-order valence-electron chi connectivity index (χ1n) is 8.15. The van der Waals surface area contributed by atoms with Crippen LogP contribution in [-0.4, -0.2) is 34.3 Å². The lowest BCUT2D eigenvalue weighted by Gasteiger charge is -2.09. The fraction of sp³-hybridized carbons (Fsp3) is 0.263. The number of halogens is 2. The van der Waals surface area contributed by atoms with Crippen molar-refractivity contribution in [1.82, 2.24) is 9.55 Å². The van der Waals surface area contributed by atoms with Crippen molar-refractivity contribution in [2.75, 3.05) is 13.7 Å². The van der Waals surface area contributed by atoms with E-state index in [1.54, 1.807) is 25.3 Å². The van der Waals surface area contributed by atoms with Crippen LogP contribution in [0.2, 0.25) is 0 Å². The van der Waals surface area contributed by atoms with E-state index in [-0.39, 0.29) is 11.4 Å². The van der Waals surface area contributed by atoms with Crippen molar-refractivity contribution >= 4 is 32.9 Å². The van der Waals surface area contributed by atoms with Crippen LogP contribution in [-0.2, 0) is 24.1 Å². The number of carboxylic acids is 1. The van der Waals surface area contributed by atoms with E-state index in [1.807, 2.05) is 10.6 Å². The smallest absolute Gasteiger partial charge is 0.335 e. The van der Waals surface area contributed by atoms with Crippen LogP contribution in [0.1, 0.15) is 21.7 Å². The minimum Gasteiger partial charge on any atom is -0.478 e. The molecule has 7 heteroatoms. The second kappa shape index (κ2) is 7.97. The van der Waals surface area contributed by atoms with E-state index in [1.165, 1.54) is 12.1 Å². The molecule has 3 rings (SSSR count). The molecular weight excluding hydrogens is 403 g/mol. The second-order valence-corrected chi connectivity index (χ2v) is 6.83. The van der Waals surface area contributed by atoms with Gasteiger partial charge in [-0.25, -0.2) is 14.2 Å². The van der Waals surface area contributed by atoms with Crippen LogP contribution < -0.4 is 0 Å². The van der Waals surface area contributed by atoms with Crippen molar-refractivity contribution < 1.29 is 19.0 Å².